The third kappa shape index (κ3) is 4.72. The topological polar surface area (TPSA) is 73.2 Å². The van der Waals surface area contributed by atoms with E-state index in [4.69, 9.17) is 16.3 Å². The largest absolute Gasteiger partial charge is 0.383 e. The number of benzene rings is 2. The number of aromatic nitrogens is 2. The van der Waals surface area contributed by atoms with Crippen molar-refractivity contribution in [2.45, 2.75) is 19.5 Å². The summed E-state index contributed by atoms with van der Waals surface area (Å²) in [4.78, 5) is 24.8. The number of amides is 1. The zero-order chi connectivity index (χ0) is 19.2. The third-order valence-electron chi connectivity index (χ3n) is 4.18. The molecule has 1 N–H and O–H groups in total. The second kappa shape index (κ2) is 8.79. The molecule has 1 aromatic heterocycles. The number of nitrogens with zero attached hydrogens (tertiary/aromatic N) is 2. The van der Waals surface area contributed by atoms with Gasteiger partial charge in [-0.05, 0) is 23.8 Å². The van der Waals surface area contributed by atoms with Gasteiger partial charge in [-0.1, -0.05) is 41.9 Å². The van der Waals surface area contributed by atoms with Gasteiger partial charge in [-0.3, -0.25) is 9.59 Å². The van der Waals surface area contributed by atoms with Crippen molar-refractivity contribution in [2.24, 2.45) is 0 Å². The van der Waals surface area contributed by atoms with Gasteiger partial charge in [0.15, 0.2) is 0 Å². The van der Waals surface area contributed by atoms with Crippen LogP contribution in [0.2, 0.25) is 5.02 Å². The highest BCUT2D eigenvalue weighted by Gasteiger charge is 2.11. The van der Waals surface area contributed by atoms with Gasteiger partial charge in [0.1, 0.15) is 0 Å². The first kappa shape index (κ1) is 19.1. The number of fused-ring (bicyclic) bond motifs is 1. The van der Waals surface area contributed by atoms with Gasteiger partial charge in [-0.25, -0.2) is 4.68 Å². The lowest BCUT2D eigenvalue weighted by molar-refractivity contribution is -0.120. The maximum Gasteiger partial charge on any atom is 0.274 e. The molecule has 1 heterocycles. The highest BCUT2D eigenvalue weighted by molar-refractivity contribution is 6.30. The standard InChI is InChI=1S/C20H20ClN3O3/c1-27-11-10-24-20(26)17-5-3-2-4-16(17)18(23-24)13-22-19(25)12-14-6-8-15(21)9-7-14/h2-9H,10-13H2,1H3,(H,22,25). The number of carbonyl (C=O) groups is 1. The molecule has 0 radical (unpaired) electrons. The Morgan fingerprint density at radius 2 is 1.85 bits per heavy atom. The number of rotatable bonds is 7. The fraction of sp³-hybridized carbons (Fsp3) is 0.250. The van der Waals surface area contributed by atoms with Crippen LogP contribution in [0, 0.1) is 0 Å². The van der Waals surface area contributed by atoms with E-state index in [1.165, 1.54) is 4.68 Å². The molecule has 27 heavy (non-hydrogen) atoms. The minimum atomic E-state index is -0.168. The fourth-order valence-electron chi connectivity index (χ4n) is 2.80. The molecule has 1 amide bonds. The summed E-state index contributed by atoms with van der Waals surface area (Å²) in [7, 11) is 1.57. The van der Waals surface area contributed by atoms with Crippen molar-refractivity contribution >= 4 is 28.3 Å². The molecule has 0 aliphatic rings. The second-order valence-electron chi connectivity index (χ2n) is 6.09. The molecule has 0 saturated heterocycles. The molecule has 6 nitrogen and oxygen atoms in total. The molecule has 7 heteroatoms. The maximum absolute atomic E-state index is 12.5. The zero-order valence-corrected chi connectivity index (χ0v) is 15.7. The Hall–Kier alpha value is -2.70. The van der Waals surface area contributed by atoms with Gasteiger partial charge in [0.25, 0.3) is 5.56 Å². The van der Waals surface area contributed by atoms with Gasteiger partial charge < -0.3 is 10.1 Å². The van der Waals surface area contributed by atoms with Crippen LogP contribution in [0.5, 0.6) is 0 Å². The van der Waals surface area contributed by atoms with Crippen molar-refractivity contribution in [1.29, 1.82) is 0 Å². The second-order valence-corrected chi connectivity index (χ2v) is 6.53. The molecular weight excluding hydrogens is 366 g/mol. The molecule has 0 aliphatic heterocycles. The van der Waals surface area contributed by atoms with Crippen molar-refractivity contribution in [3.63, 3.8) is 0 Å². The van der Waals surface area contributed by atoms with E-state index < -0.39 is 0 Å². The van der Waals surface area contributed by atoms with E-state index in [1.807, 2.05) is 30.3 Å². The van der Waals surface area contributed by atoms with Crippen LogP contribution in [0.25, 0.3) is 10.8 Å². The number of hydrogen-bond acceptors (Lipinski definition) is 4. The van der Waals surface area contributed by atoms with Gasteiger partial charge in [0.05, 0.1) is 37.2 Å². The fourth-order valence-corrected chi connectivity index (χ4v) is 2.92. The molecular formula is C20H20ClN3O3. The molecule has 0 atom stereocenters. The Labute approximate surface area is 161 Å². The minimum absolute atomic E-state index is 0.127. The number of methoxy groups -OCH3 is 1. The SMILES string of the molecule is COCCn1nc(CNC(=O)Cc2ccc(Cl)cc2)c2ccccc2c1=O. The van der Waals surface area contributed by atoms with Gasteiger partial charge >= 0.3 is 0 Å². The van der Waals surface area contributed by atoms with Crippen LogP contribution in [-0.4, -0.2) is 29.4 Å². The number of hydrogen-bond donors (Lipinski definition) is 1. The van der Waals surface area contributed by atoms with E-state index in [9.17, 15) is 9.59 Å². The average Bonchev–Trinajstić information content (AvgIpc) is 2.68. The molecule has 140 valence electrons. The summed E-state index contributed by atoms with van der Waals surface area (Å²) in [5.74, 6) is -0.127. The zero-order valence-electron chi connectivity index (χ0n) is 14.9. The van der Waals surface area contributed by atoms with Gasteiger partial charge in [-0.15, -0.1) is 0 Å². The molecule has 0 aliphatic carbocycles. The van der Waals surface area contributed by atoms with Crippen LogP contribution in [0.4, 0.5) is 0 Å². The number of carbonyl (C=O) groups excluding carboxylic acids is 1. The summed E-state index contributed by atoms with van der Waals surface area (Å²) in [6.45, 7) is 0.972. The quantitative estimate of drug-likeness (QED) is 0.678. The Morgan fingerprint density at radius 3 is 2.56 bits per heavy atom. The van der Waals surface area contributed by atoms with Crippen LogP contribution >= 0.6 is 11.6 Å². The Balaban J connectivity index is 1.79. The lowest BCUT2D eigenvalue weighted by atomic mass is 10.1. The third-order valence-corrected chi connectivity index (χ3v) is 4.43. The summed E-state index contributed by atoms with van der Waals surface area (Å²) >= 11 is 5.86. The predicted molar refractivity (Wildman–Crippen MR) is 105 cm³/mol. The first-order valence-electron chi connectivity index (χ1n) is 8.57. The molecule has 0 fully saturated rings. The highest BCUT2D eigenvalue weighted by atomic mass is 35.5. The molecule has 0 spiro atoms. The average molecular weight is 386 g/mol. The van der Waals surface area contributed by atoms with Crippen LogP contribution in [0.3, 0.4) is 0 Å². The van der Waals surface area contributed by atoms with E-state index in [2.05, 4.69) is 10.4 Å². The van der Waals surface area contributed by atoms with Crippen molar-refractivity contribution in [3.05, 3.63) is 75.2 Å². The normalized spacial score (nSPS) is 10.9. The van der Waals surface area contributed by atoms with Crippen LogP contribution in [0.15, 0.2) is 53.3 Å². The van der Waals surface area contributed by atoms with E-state index in [0.29, 0.717) is 29.3 Å². The summed E-state index contributed by atoms with van der Waals surface area (Å²) in [5, 5.41) is 9.24. The van der Waals surface area contributed by atoms with E-state index >= 15 is 0 Å². The predicted octanol–water partition coefficient (Wildman–Crippen LogP) is 2.56. The molecule has 3 rings (SSSR count). The molecule has 0 unspecified atom stereocenters. The molecule has 3 aromatic rings. The van der Waals surface area contributed by atoms with Gasteiger partial charge in [0.2, 0.25) is 5.91 Å². The van der Waals surface area contributed by atoms with Crippen LogP contribution in [0.1, 0.15) is 11.3 Å². The number of halogens is 1. The lowest BCUT2D eigenvalue weighted by Gasteiger charge is -2.11. The smallest absolute Gasteiger partial charge is 0.274 e. The van der Waals surface area contributed by atoms with Crippen molar-refractivity contribution in [1.82, 2.24) is 15.1 Å². The Bertz CT molecular complexity index is 1000. The van der Waals surface area contributed by atoms with E-state index in [1.54, 1.807) is 25.3 Å². The van der Waals surface area contributed by atoms with Crippen LogP contribution < -0.4 is 10.9 Å². The molecule has 0 saturated carbocycles. The minimum Gasteiger partial charge on any atom is -0.383 e. The van der Waals surface area contributed by atoms with Crippen molar-refractivity contribution < 1.29 is 9.53 Å². The van der Waals surface area contributed by atoms with Crippen LogP contribution in [-0.2, 0) is 29.0 Å². The van der Waals surface area contributed by atoms with Gasteiger partial charge in [0, 0.05) is 17.5 Å². The van der Waals surface area contributed by atoms with Crippen molar-refractivity contribution in [3.8, 4) is 0 Å². The Morgan fingerprint density at radius 1 is 1.15 bits per heavy atom. The van der Waals surface area contributed by atoms with E-state index in [-0.39, 0.29) is 24.4 Å². The monoisotopic (exact) mass is 385 g/mol. The highest BCUT2D eigenvalue weighted by Crippen LogP contribution is 2.13. The molecule has 2 aromatic carbocycles. The molecule has 0 bridgehead atoms. The van der Waals surface area contributed by atoms with Crippen molar-refractivity contribution in [2.75, 3.05) is 13.7 Å². The van der Waals surface area contributed by atoms with E-state index in [0.717, 1.165) is 10.9 Å². The number of ether oxygens (including phenoxy) is 1. The lowest BCUT2D eigenvalue weighted by Crippen LogP contribution is -2.30. The summed E-state index contributed by atoms with van der Waals surface area (Å²) in [6.07, 6.45) is 0.248. The summed E-state index contributed by atoms with van der Waals surface area (Å²) in [5.41, 5.74) is 1.35. The van der Waals surface area contributed by atoms with Gasteiger partial charge in [-0.2, -0.15) is 5.10 Å². The maximum atomic E-state index is 12.5. The Kier molecular flexibility index (Phi) is 6.21. The first-order chi connectivity index (χ1) is 13.1. The number of nitrogens with one attached hydrogen (secondary N) is 1. The summed E-state index contributed by atoms with van der Waals surface area (Å²) < 4.78 is 6.43. The first-order valence-corrected chi connectivity index (χ1v) is 8.95. The summed E-state index contributed by atoms with van der Waals surface area (Å²) in [6, 6.07) is 14.4.